The number of hydrogen-bond donors (Lipinski definition) is 0. The van der Waals surface area contributed by atoms with Crippen LogP contribution in [-0.4, -0.2) is 40.1 Å². The highest BCUT2D eigenvalue weighted by atomic mass is 16.5. The minimum atomic E-state index is 0.162. The van der Waals surface area contributed by atoms with Crippen LogP contribution < -0.4 is 0 Å². The molecule has 2 heterocycles. The molecule has 1 aliphatic heterocycles. The van der Waals surface area contributed by atoms with Gasteiger partial charge in [-0.25, -0.2) is 4.98 Å². The van der Waals surface area contributed by atoms with E-state index in [0.29, 0.717) is 13.0 Å². The second kappa shape index (κ2) is 7.13. The quantitative estimate of drug-likeness (QED) is 0.823. The van der Waals surface area contributed by atoms with Gasteiger partial charge in [0.05, 0.1) is 23.7 Å². The summed E-state index contributed by atoms with van der Waals surface area (Å²) in [5.74, 6) is 1.11. The Labute approximate surface area is 137 Å². The van der Waals surface area contributed by atoms with Crippen molar-refractivity contribution in [2.45, 2.75) is 51.8 Å². The molecular weight excluding hydrogens is 290 g/mol. The molecule has 1 aliphatic rings. The number of fused-ring (bicyclic) bond motifs is 1. The maximum Gasteiger partial charge on any atom is 0.222 e. The monoisotopic (exact) mass is 315 g/mol. The lowest BCUT2D eigenvalue weighted by Crippen LogP contribution is -2.28. The molecular formula is C18H25N3O2. The Morgan fingerprint density at radius 3 is 3.00 bits per heavy atom. The van der Waals surface area contributed by atoms with Crippen LogP contribution >= 0.6 is 0 Å². The summed E-state index contributed by atoms with van der Waals surface area (Å²) in [5.41, 5.74) is 2.12. The van der Waals surface area contributed by atoms with Crippen LogP contribution in [0.4, 0.5) is 0 Å². The number of aryl methyl sites for hydroxylation is 1. The molecule has 2 aromatic rings. The molecule has 0 bridgehead atoms. The van der Waals surface area contributed by atoms with Crippen molar-refractivity contribution in [1.29, 1.82) is 0 Å². The first-order valence-electron chi connectivity index (χ1n) is 8.48. The summed E-state index contributed by atoms with van der Waals surface area (Å²) in [4.78, 5) is 18.8. The summed E-state index contributed by atoms with van der Waals surface area (Å²) in [7, 11) is 1.86. The summed E-state index contributed by atoms with van der Waals surface area (Å²) in [5, 5.41) is 0. The van der Waals surface area contributed by atoms with E-state index in [0.717, 1.165) is 49.3 Å². The molecule has 3 rings (SSSR count). The van der Waals surface area contributed by atoms with Gasteiger partial charge in [0.2, 0.25) is 5.91 Å². The van der Waals surface area contributed by atoms with E-state index in [-0.39, 0.29) is 12.0 Å². The molecule has 1 aromatic heterocycles. The predicted molar refractivity (Wildman–Crippen MR) is 90.1 cm³/mol. The zero-order chi connectivity index (χ0) is 16.2. The summed E-state index contributed by atoms with van der Waals surface area (Å²) in [6.07, 6.45) is 3.85. The first-order chi connectivity index (χ1) is 11.2. The Morgan fingerprint density at radius 2 is 2.26 bits per heavy atom. The summed E-state index contributed by atoms with van der Waals surface area (Å²) < 4.78 is 7.77. The second-order valence-corrected chi connectivity index (χ2v) is 6.18. The van der Waals surface area contributed by atoms with Gasteiger partial charge in [0.15, 0.2) is 0 Å². The Balaban J connectivity index is 1.64. The fourth-order valence-corrected chi connectivity index (χ4v) is 3.25. The van der Waals surface area contributed by atoms with Gasteiger partial charge in [0.1, 0.15) is 5.82 Å². The van der Waals surface area contributed by atoms with E-state index in [1.807, 2.05) is 25.2 Å². The van der Waals surface area contributed by atoms with Gasteiger partial charge in [-0.15, -0.1) is 0 Å². The molecule has 5 nitrogen and oxygen atoms in total. The number of amides is 1. The molecule has 5 heteroatoms. The topological polar surface area (TPSA) is 47.4 Å². The number of hydrogen-bond acceptors (Lipinski definition) is 3. The highest BCUT2D eigenvalue weighted by molar-refractivity contribution is 5.77. The molecule has 0 unspecified atom stereocenters. The van der Waals surface area contributed by atoms with E-state index in [1.165, 1.54) is 0 Å². The molecule has 1 amide bonds. The zero-order valence-electron chi connectivity index (χ0n) is 14.0. The smallest absolute Gasteiger partial charge is 0.222 e. The van der Waals surface area contributed by atoms with Crippen molar-refractivity contribution in [2.75, 3.05) is 13.7 Å². The van der Waals surface area contributed by atoms with E-state index >= 15 is 0 Å². The van der Waals surface area contributed by atoms with Crippen LogP contribution in [-0.2, 0) is 22.6 Å². The Bertz CT molecular complexity index is 674. The molecule has 1 aromatic carbocycles. The molecule has 1 atom stereocenters. The third kappa shape index (κ3) is 3.55. The Morgan fingerprint density at radius 1 is 1.43 bits per heavy atom. The lowest BCUT2D eigenvalue weighted by atomic mass is 10.1. The second-order valence-electron chi connectivity index (χ2n) is 6.18. The van der Waals surface area contributed by atoms with Crippen LogP contribution in [0.2, 0.25) is 0 Å². The van der Waals surface area contributed by atoms with Gasteiger partial charge in [-0.05, 0) is 38.3 Å². The predicted octanol–water partition coefficient (Wildman–Crippen LogP) is 2.97. The molecule has 0 radical (unpaired) electrons. The molecule has 0 spiro atoms. The standard InChI is InChI=1S/C18H25N3O2/c1-3-21-16-9-5-4-8-15(16)19-17(21)13-20(2)18(22)11-10-14-7-6-12-23-14/h4-5,8-9,14H,3,6-7,10-13H2,1-2H3/t14-/m0/s1. The SMILES string of the molecule is CCn1c(CN(C)C(=O)CC[C@@H]2CCCO2)nc2ccccc21. The maximum absolute atomic E-state index is 12.4. The molecule has 0 N–H and O–H groups in total. The zero-order valence-corrected chi connectivity index (χ0v) is 14.0. The highest BCUT2D eigenvalue weighted by Crippen LogP contribution is 2.19. The number of rotatable bonds is 6. The highest BCUT2D eigenvalue weighted by Gasteiger charge is 2.19. The first kappa shape index (κ1) is 16.0. The lowest BCUT2D eigenvalue weighted by molar-refractivity contribution is -0.131. The van der Waals surface area contributed by atoms with Crippen LogP contribution in [0.15, 0.2) is 24.3 Å². The number of carbonyl (C=O) groups excluding carboxylic acids is 1. The molecule has 0 saturated carbocycles. The number of benzene rings is 1. The largest absolute Gasteiger partial charge is 0.378 e. The Hall–Kier alpha value is -1.88. The van der Waals surface area contributed by atoms with Crippen molar-refractivity contribution < 1.29 is 9.53 Å². The molecule has 1 saturated heterocycles. The van der Waals surface area contributed by atoms with Crippen LogP contribution in [0.3, 0.4) is 0 Å². The summed E-state index contributed by atoms with van der Waals surface area (Å²) in [6.45, 7) is 4.35. The van der Waals surface area contributed by atoms with Crippen LogP contribution in [0.25, 0.3) is 11.0 Å². The van der Waals surface area contributed by atoms with Gasteiger partial charge < -0.3 is 14.2 Å². The average molecular weight is 315 g/mol. The molecule has 1 fully saturated rings. The third-order valence-corrected chi connectivity index (χ3v) is 4.56. The fourth-order valence-electron chi connectivity index (χ4n) is 3.25. The van der Waals surface area contributed by atoms with Crippen LogP contribution in [0, 0.1) is 0 Å². The van der Waals surface area contributed by atoms with Crippen molar-refractivity contribution >= 4 is 16.9 Å². The van der Waals surface area contributed by atoms with Gasteiger partial charge in [-0.3, -0.25) is 4.79 Å². The van der Waals surface area contributed by atoms with Crippen molar-refractivity contribution in [3.63, 3.8) is 0 Å². The van der Waals surface area contributed by atoms with E-state index in [4.69, 9.17) is 4.74 Å². The minimum Gasteiger partial charge on any atom is -0.378 e. The number of imidazole rings is 1. The van der Waals surface area contributed by atoms with Crippen molar-refractivity contribution in [2.24, 2.45) is 0 Å². The number of nitrogens with zero attached hydrogens (tertiary/aromatic N) is 3. The summed E-state index contributed by atoms with van der Waals surface area (Å²) >= 11 is 0. The van der Waals surface area contributed by atoms with Crippen LogP contribution in [0.1, 0.15) is 38.4 Å². The molecule has 23 heavy (non-hydrogen) atoms. The van der Waals surface area contributed by atoms with Gasteiger partial charge in [-0.2, -0.15) is 0 Å². The van der Waals surface area contributed by atoms with Gasteiger partial charge in [-0.1, -0.05) is 12.1 Å². The lowest BCUT2D eigenvalue weighted by Gasteiger charge is -2.18. The van der Waals surface area contributed by atoms with Crippen molar-refractivity contribution in [3.05, 3.63) is 30.1 Å². The van der Waals surface area contributed by atoms with E-state index in [1.54, 1.807) is 4.90 Å². The number of aromatic nitrogens is 2. The first-order valence-corrected chi connectivity index (χ1v) is 8.48. The van der Waals surface area contributed by atoms with Crippen LogP contribution in [0.5, 0.6) is 0 Å². The van der Waals surface area contributed by atoms with E-state index < -0.39 is 0 Å². The molecule has 124 valence electrons. The Kier molecular flexibility index (Phi) is 4.96. The van der Waals surface area contributed by atoms with Gasteiger partial charge >= 0.3 is 0 Å². The normalized spacial score (nSPS) is 17.7. The molecule has 0 aliphatic carbocycles. The van der Waals surface area contributed by atoms with E-state index in [9.17, 15) is 4.79 Å². The summed E-state index contributed by atoms with van der Waals surface area (Å²) in [6, 6.07) is 8.12. The fraction of sp³-hybridized carbons (Fsp3) is 0.556. The van der Waals surface area contributed by atoms with E-state index in [2.05, 4.69) is 22.5 Å². The van der Waals surface area contributed by atoms with Gasteiger partial charge in [0, 0.05) is 26.6 Å². The van der Waals surface area contributed by atoms with Crippen molar-refractivity contribution in [3.8, 4) is 0 Å². The average Bonchev–Trinajstić information content (AvgIpc) is 3.19. The number of carbonyl (C=O) groups is 1. The number of para-hydroxylation sites is 2. The van der Waals surface area contributed by atoms with Gasteiger partial charge in [0.25, 0.3) is 0 Å². The maximum atomic E-state index is 12.4. The van der Waals surface area contributed by atoms with Crippen molar-refractivity contribution in [1.82, 2.24) is 14.5 Å². The minimum absolute atomic E-state index is 0.162. The number of ether oxygens (including phenoxy) is 1. The third-order valence-electron chi connectivity index (χ3n) is 4.56.